The summed E-state index contributed by atoms with van der Waals surface area (Å²) in [4.78, 5) is 20.1. The van der Waals surface area contributed by atoms with Crippen LogP contribution < -0.4 is 4.90 Å². The predicted molar refractivity (Wildman–Crippen MR) is 137 cm³/mol. The van der Waals surface area contributed by atoms with Gasteiger partial charge in [0.15, 0.2) is 5.13 Å². The number of thiazole rings is 1. The van der Waals surface area contributed by atoms with Crippen LogP contribution in [0.15, 0.2) is 71.9 Å². The van der Waals surface area contributed by atoms with E-state index in [1.807, 2.05) is 36.5 Å². The molecule has 3 heterocycles. The van der Waals surface area contributed by atoms with Gasteiger partial charge < -0.3 is 0 Å². The first-order valence-electron chi connectivity index (χ1n) is 11.7. The molecule has 0 saturated carbocycles. The lowest BCUT2D eigenvalue weighted by atomic mass is 10.0. The second kappa shape index (κ2) is 9.88. The van der Waals surface area contributed by atoms with Crippen LogP contribution in [0.1, 0.15) is 30.1 Å². The number of rotatable bonds is 7. The minimum absolute atomic E-state index is 0.215. The zero-order valence-electron chi connectivity index (χ0n) is 19.4. The molecule has 8 nitrogen and oxygen atoms in total. The van der Waals surface area contributed by atoms with Gasteiger partial charge in [-0.25, -0.2) is 13.4 Å². The lowest BCUT2D eigenvalue weighted by Gasteiger charge is -2.29. The molecule has 2 aromatic carbocycles. The number of aromatic nitrogens is 3. The molecule has 0 radical (unpaired) electrons. The van der Waals surface area contributed by atoms with Crippen molar-refractivity contribution in [3.63, 3.8) is 0 Å². The van der Waals surface area contributed by atoms with Gasteiger partial charge in [0.1, 0.15) is 0 Å². The molecule has 1 amide bonds. The van der Waals surface area contributed by atoms with Gasteiger partial charge in [0, 0.05) is 37.6 Å². The van der Waals surface area contributed by atoms with Crippen molar-refractivity contribution in [2.75, 3.05) is 24.5 Å². The van der Waals surface area contributed by atoms with Crippen LogP contribution in [0.25, 0.3) is 10.2 Å². The van der Waals surface area contributed by atoms with Crippen molar-refractivity contribution < 1.29 is 13.2 Å². The zero-order valence-corrected chi connectivity index (χ0v) is 21.1. The van der Waals surface area contributed by atoms with E-state index in [1.165, 1.54) is 23.5 Å². The first kappa shape index (κ1) is 23.7. The van der Waals surface area contributed by atoms with Crippen molar-refractivity contribution in [2.45, 2.75) is 31.2 Å². The number of nitrogens with zero attached hydrogens (tertiary/aromatic N) is 5. The Labute approximate surface area is 208 Å². The van der Waals surface area contributed by atoms with E-state index in [9.17, 15) is 13.2 Å². The van der Waals surface area contributed by atoms with Crippen molar-refractivity contribution >= 4 is 42.6 Å². The van der Waals surface area contributed by atoms with Crippen LogP contribution in [-0.4, -0.2) is 53.0 Å². The van der Waals surface area contributed by atoms with E-state index in [2.05, 4.69) is 17.0 Å². The van der Waals surface area contributed by atoms with Crippen molar-refractivity contribution in [2.24, 2.45) is 5.92 Å². The molecule has 0 unspecified atom stereocenters. The Hall–Kier alpha value is -3.08. The number of anilines is 1. The summed E-state index contributed by atoms with van der Waals surface area (Å²) < 4.78 is 30.5. The fourth-order valence-corrected chi connectivity index (χ4v) is 6.65. The number of para-hydroxylation sites is 1. The number of sulfonamides is 1. The summed E-state index contributed by atoms with van der Waals surface area (Å²) in [6.07, 6.45) is 5.28. The fraction of sp³-hybridized carbons (Fsp3) is 0.320. The van der Waals surface area contributed by atoms with Gasteiger partial charge in [-0.1, -0.05) is 30.4 Å². The maximum Gasteiger partial charge on any atom is 0.260 e. The molecule has 1 aliphatic rings. The molecule has 1 saturated heterocycles. The van der Waals surface area contributed by atoms with Crippen LogP contribution in [0.2, 0.25) is 0 Å². The predicted octanol–water partition coefficient (Wildman–Crippen LogP) is 4.26. The van der Waals surface area contributed by atoms with Gasteiger partial charge in [-0.15, -0.1) is 0 Å². The molecule has 1 fully saturated rings. The van der Waals surface area contributed by atoms with Crippen molar-refractivity contribution in [3.8, 4) is 0 Å². The van der Waals surface area contributed by atoms with Crippen molar-refractivity contribution in [1.29, 1.82) is 0 Å². The summed E-state index contributed by atoms with van der Waals surface area (Å²) in [7, 11) is -3.57. The summed E-state index contributed by atoms with van der Waals surface area (Å²) in [5, 5.41) is 4.83. The van der Waals surface area contributed by atoms with E-state index in [0.717, 1.165) is 23.1 Å². The summed E-state index contributed by atoms with van der Waals surface area (Å²) in [6, 6.07) is 15.9. The largest absolute Gasteiger partial charge is 0.282 e. The van der Waals surface area contributed by atoms with Gasteiger partial charge in [-0.05, 0) is 61.2 Å². The molecule has 182 valence electrons. The quantitative estimate of drug-likeness (QED) is 0.371. The number of piperidine rings is 1. The third-order valence-corrected chi connectivity index (χ3v) is 9.32. The molecule has 0 aliphatic carbocycles. The maximum absolute atomic E-state index is 13.6. The average Bonchev–Trinajstić information content (AvgIpc) is 3.54. The Morgan fingerprint density at radius 1 is 1.09 bits per heavy atom. The van der Waals surface area contributed by atoms with E-state index in [-0.39, 0.29) is 10.8 Å². The van der Waals surface area contributed by atoms with Gasteiger partial charge >= 0.3 is 0 Å². The fourth-order valence-electron chi connectivity index (χ4n) is 4.19. The lowest BCUT2D eigenvalue weighted by Crippen LogP contribution is -2.38. The molecule has 10 heteroatoms. The summed E-state index contributed by atoms with van der Waals surface area (Å²) in [5.41, 5.74) is 1.25. The van der Waals surface area contributed by atoms with Gasteiger partial charge in [0.2, 0.25) is 10.0 Å². The van der Waals surface area contributed by atoms with Gasteiger partial charge in [-0.3, -0.25) is 14.4 Å². The van der Waals surface area contributed by atoms with Gasteiger partial charge in [0.25, 0.3) is 5.91 Å². The molecule has 35 heavy (non-hydrogen) atoms. The third-order valence-electron chi connectivity index (χ3n) is 6.35. The Bertz CT molecular complexity index is 1370. The monoisotopic (exact) mass is 509 g/mol. The van der Waals surface area contributed by atoms with Gasteiger partial charge in [-0.2, -0.15) is 9.40 Å². The first-order valence-corrected chi connectivity index (χ1v) is 13.9. The van der Waals surface area contributed by atoms with Crippen molar-refractivity contribution in [1.82, 2.24) is 19.1 Å². The Morgan fingerprint density at radius 3 is 2.51 bits per heavy atom. The first-order chi connectivity index (χ1) is 16.9. The third kappa shape index (κ3) is 5.00. The highest BCUT2D eigenvalue weighted by Gasteiger charge is 2.28. The van der Waals surface area contributed by atoms with E-state index < -0.39 is 10.0 Å². The number of hydrogen-bond acceptors (Lipinski definition) is 6. The van der Waals surface area contributed by atoms with Crippen LogP contribution in [0.4, 0.5) is 5.13 Å². The number of carbonyl (C=O) groups is 1. The average molecular weight is 510 g/mol. The summed E-state index contributed by atoms with van der Waals surface area (Å²) in [5.74, 6) is 0.309. The van der Waals surface area contributed by atoms with Crippen molar-refractivity contribution in [3.05, 3.63) is 72.6 Å². The Morgan fingerprint density at radius 2 is 1.83 bits per heavy atom. The molecule has 0 atom stereocenters. The number of benzene rings is 2. The second-order valence-corrected chi connectivity index (χ2v) is 11.7. The molecule has 5 rings (SSSR count). The molecular weight excluding hydrogens is 482 g/mol. The van der Waals surface area contributed by atoms with E-state index in [4.69, 9.17) is 0 Å². The van der Waals surface area contributed by atoms with Crippen LogP contribution >= 0.6 is 11.3 Å². The Kier molecular flexibility index (Phi) is 6.68. The molecule has 2 aromatic heterocycles. The topological polar surface area (TPSA) is 88.4 Å². The minimum Gasteiger partial charge on any atom is -0.282 e. The second-order valence-electron chi connectivity index (χ2n) is 8.80. The van der Waals surface area contributed by atoms with E-state index >= 15 is 0 Å². The number of carbonyl (C=O) groups excluding carboxylic acids is 1. The lowest BCUT2D eigenvalue weighted by molar-refractivity contribution is 0.0985. The molecule has 0 N–H and O–H groups in total. The van der Waals surface area contributed by atoms with Gasteiger partial charge in [0.05, 0.1) is 21.7 Å². The van der Waals surface area contributed by atoms with E-state index in [0.29, 0.717) is 42.8 Å². The van der Waals surface area contributed by atoms with Crippen LogP contribution in [-0.2, 0) is 16.6 Å². The van der Waals surface area contributed by atoms with E-state index in [1.54, 1.807) is 32.2 Å². The summed E-state index contributed by atoms with van der Waals surface area (Å²) >= 11 is 1.45. The molecular formula is C25H27N5O3S2. The summed E-state index contributed by atoms with van der Waals surface area (Å²) in [6.45, 7) is 4.10. The number of fused-ring (bicyclic) bond motifs is 1. The molecule has 4 aromatic rings. The van der Waals surface area contributed by atoms with Crippen LogP contribution in [0.3, 0.4) is 0 Å². The SMILES string of the molecule is CC1CCN(S(=O)(=O)c2ccc(C(=O)N(CCn3cccn3)c3nc4ccccc4s3)cc2)CC1. The standard InChI is InChI=1S/C25H27N5O3S2/c1-19-11-15-29(16-12-19)35(32,33)21-9-7-20(8-10-21)24(31)30(18-17-28-14-4-13-26-28)25-27-22-5-2-3-6-23(22)34-25/h2-10,13-14,19H,11-12,15-18H2,1H3. The number of hydrogen-bond donors (Lipinski definition) is 0. The highest BCUT2D eigenvalue weighted by atomic mass is 32.2. The zero-order chi connectivity index (χ0) is 24.4. The number of amides is 1. The van der Waals surface area contributed by atoms with Crippen LogP contribution in [0, 0.1) is 5.92 Å². The molecule has 0 bridgehead atoms. The normalized spacial score (nSPS) is 15.5. The highest BCUT2D eigenvalue weighted by molar-refractivity contribution is 7.89. The smallest absolute Gasteiger partial charge is 0.260 e. The molecule has 0 spiro atoms. The maximum atomic E-state index is 13.6. The highest BCUT2D eigenvalue weighted by Crippen LogP contribution is 2.30. The van der Waals surface area contributed by atoms with Crippen LogP contribution in [0.5, 0.6) is 0 Å². The Balaban J connectivity index is 1.40. The molecule has 1 aliphatic heterocycles. The minimum atomic E-state index is -3.57.